The SMILES string of the molecule is CN(C)C(=O)C[C@H](NC(=O)c1ccc(S(=O)(=O)Nc2ccc(Cl)c3c(Cl)c[nH]c23)c(F)c1)c1ccccc1. The molecule has 0 saturated carbocycles. The number of hydrogen-bond donors (Lipinski definition) is 3. The summed E-state index contributed by atoms with van der Waals surface area (Å²) in [6.45, 7) is 0. The molecule has 3 N–H and O–H groups in total. The van der Waals surface area contributed by atoms with Gasteiger partial charge in [0.2, 0.25) is 5.91 Å². The molecule has 0 bridgehead atoms. The van der Waals surface area contributed by atoms with Crippen LogP contribution in [0.1, 0.15) is 28.4 Å². The second kappa shape index (κ2) is 11.0. The molecular formula is C26H23Cl2FN4O4S. The Kier molecular flexibility index (Phi) is 7.96. The molecule has 3 aromatic carbocycles. The van der Waals surface area contributed by atoms with Crippen LogP contribution in [0.4, 0.5) is 10.1 Å². The Bertz CT molecular complexity index is 1630. The first-order valence-corrected chi connectivity index (χ1v) is 13.5. The number of amides is 2. The van der Waals surface area contributed by atoms with Gasteiger partial charge in [-0.05, 0) is 35.9 Å². The van der Waals surface area contributed by atoms with E-state index in [-0.39, 0.29) is 23.6 Å². The van der Waals surface area contributed by atoms with Gasteiger partial charge in [0.05, 0.1) is 33.7 Å². The summed E-state index contributed by atoms with van der Waals surface area (Å²) in [5, 5.41) is 3.78. The zero-order valence-electron chi connectivity index (χ0n) is 20.3. The second-order valence-electron chi connectivity index (χ2n) is 8.66. The molecular weight excluding hydrogens is 554 g/mol. The van der Waals surface area contributed by atoms with Crippen LogP contribution >= 0.6 is 23.2 Å². The highest BCUT2D eigenvalue weighted by Gasteiger charge is 2.24. The zero-order chi connectivity index (χ0) is 27.6. The van der Waals surface area contributed by atoms with Crippen molar-refractivity contribution in [2.45, 2.75) is 17.4 Å². The van der Waals surface area contributed by atoms with Crippen LogP contribution in [0, 0.1) is 5.82 Å². The normalized spacial score (nSPS) is 12.2. The number of nitrogens with zero attached hydrogens (tertiary/aromatic N) is 1. The molecule has 38 heavy (non-hydrogen) atoms. The molecule has 1 aromatic heterocycles. The van der Waals surface area contributed by atoms with E-state index in [1.54, 1.807) is 44.4 Å². The van der Waals surface area contributed by atoms with Crippen LogP contribution in [0.15, 0.2) is 71.8 Å². The third-order valence-corrected chi connectivity index (χ3v) is 7.86. The van der Waals surface area contributed by atoms with Crippen molar-refractivity contribution in [1.29, 1.82) is 0 Å². The van der Waals surface area contributed by atoms with E-state index in [0.717, 1.165) is 12.1 Å². The van der Waals surface area contributed by atoms with E-state index in [2.05, 4.69) is 15.0 Å². The average Bonchev–Trinajstić information content (AvgIpc) is 3.28. The van der Waals surface area contributed by atoms with E-state index in [1.807, 2.05) is 0 Å². The van der Waals surface area contributed by atoms with Gasteiger partial charge in [0.1, 0.15) is 10.7 Å². The van der Waals surface area contributed by atoms with Gasteiger partial charge < -0.3 is 15.2 Å². The van der Waals surface area contributed by atoms with Crippen LogP contribution in [0.2, 0.25) is 10.0 Å². The van der Waals surface area contributed by atoms with Crippen LogP contribution in [-0.2, 0) is 14.8 Å². The van der Waals surface area contributed by atoms with Crippen molar-refractivity contribution in [2.75, 3.05) is 18.8 Å². The van der Waals surface area contributed by atoms with Crippen LogP contribution in [0.5, 0.6) is 0 Å². The number of halogens is 3. The van der Waals surface area contributed by atoms with Crippen molar-refractivity contribution in [1.82, 2.24) is 15.2 Å². The fourth-order valence-corrected chi connectivity index (χ4v) is 5.54. The van der Waals surface area contributed by atoms with Crippen molar-refractivity contribution in [2.24, 2.45) is 0 Å². The summed E-state index contributed by atoms with van der Waals surface area (Å²) in [6, 6.07) is 14.1. The lowest BCUT2D eigenvalue weighted by Crippen LogP contribution is -2.33. The number of carbonyl (C=O) groups excluding carboxylic acids is 2. The van der Waals surface area contributed by atoms with E-state index in [9.17, 15) is 18.0 Å². The van der Waals surface area contributed by atoms with Gasteiger partial charge in [0.15, 0.2) is 0 Å². The highest BCUT2D eigenvalue weighted by atomic mass is 35.5. The Morgan fingerprint density at radius 1 is 1.03 bits per heavy atom. The van der Waals surface area contributed by atoms with Crippen molar-refractivity contribution >= 4 is 61.6 Å². The number of hydrogen-bond acceptors (Lipinski definition) is 4. The highest BCUT2D eigenvalue weighted by Crippen LogP contribution is 2.35. The Hall–Kier alpha value is -3.60. The van der Waals surface area contributed by atoms with E-state index in [4.69, 9.17) is 23.2 Å². The van der Waals surface area contributed by atoms with Gasteiger partial charge in [-0.15, -0.1) is 0 Å². The molecule has 2 amide bonds. The Morgan fingerprint density at radius 2 is 1.74 bits per heavy atom. The maximum Gasteiger partial charge on any atom is 0.264 e. The van der Waals surface area contributed by atoms with Gasteiger partial charge in [0, 0.05) is 31.2 Å². The Morgan fingerprint density at radius 3 is 2.39 bits per heavy atom. The molecule has 0 radical (unpaired) electrons. The standard InChI is InChI=1S/C26H23Cl2FN4O4S/c1-33(2)23(34)13-21(15-6-4-3-5-7-15)31-26(35)16-8-11-22(19(29)12-16)38(36,37)32-20-10-9-17(27)24-18(28)14-30-25(20)24/h3-12,14,21,30,32H,13H2,1-2H3,(H,31,35)/t21-/m0/s1. The molecule has 8 nitrogen and oxygen atoms in total. The van der Waals surface area contributed by atoms with E-state index in [0.29, 0.717) is 26.5 Å². The first-order chi connectivity index (χ1) is 18.0. The van der Waals surface area contributed by atoms with E-state index >= 15 is 4.39 Å². The van der Waals surface area contributed by atoms with Crippen molar-refractivity contribution < 1.29 is 22.4 Å². The summed E-state index contributed by atoms with van der Waals surface area (Å²) < 4.78 is 43.4. The number of aromatic amines is 1. The Balaban J connectivity index is 1.58. The van der Waals surface area contributed by atoms with Gasteiger partial charge in [-0.25, -0.2) is 12.8 Å². The molecule has 0 spiro atoms. The summed E-state index contributed by atoms with van der Waals surface area (Å²) in [6.07, 6.45) is 1.44. The van der Waals surface area contributed by atoms with Gasteiger partial charge in [0.25, 0.3) is 15.9 Å². The number of sulfonamides is 1. The Labute approximate surface area is 228 Å². The molecule has 4 rings (SSSR count). The number of anilines is 1. The molecule has 0 fully saturated rings. The number of nitrogens with one attached hydrogen (secondary N) is 3. The van der Waals surface area contributed by atoms with Crippen LogP contribution in [0.25, 0.3) is 10.9 Å². The third kappa shape index (κ3) is 5.77. The maximum atomic E-state index is 15.1. The minimum Gasteiger partial charge on any atom is -0.358 e. The minimum atomic E-state index is -4.39. The van der Waals surface area contributed by atoms with E-state index in [1.165, 1.54) is 29.3 Å². The number of benzene rings is 3. The lowest BCUT2D eigenvalue weighted by Gasteiger charge is -2.21. The summed E-state index contributed by atoms with van der Waals surface area (Å²) in [5.41, 5.74) is 1.04. The quantitative estimate of drug-likeness (QED) is 0.262. The number of rotatable bonds is 8. The first-order valence-electron chi connectivity index (χ1n) is 11.3. The molecule has 0 unspecified atom stereocenters. The summed E-state index contributed by atoms with van der Waals surface area (Å²) >= 11 is 12.3. The minimum absolute atomic E-state index is 0.0139. The fraction of sp³-hybridized carbons (Fsp3) is 0.154. The van der Waals surface area contributed by atoms with Crippen molar-refractivity contribution in [3.8, 4) is 0 Å². The van der Waals surface area contributed by atoms with Gasteiger partial charge >= 0.3 is 0 Å². The lowest BCUT2D eigenvalue weighted by atomic mass is 10.0. The van der Waals surface area contributed by atoms with Gasteiger partial charge in [-0.1, -0.05) is 53.5 Å². The van der Waals surface area contributed by atoms with Crippen LogP contribution in [-0.4, -0.2) is 44.2 Å². The molecule has 0 saturated heterocycles. The molecule has 0 aliphatic heterocycles. The van der Waals surface area contributed by atoms with Crippen molar-refractivity contribution in [3.63, 3.8) is 0 Å². The second-order valence-corrected chi connectivity index (χ2v) is 11.1. The zero-order valence-corrected chi connectivity index (χ0v) is 22.6. The molecule has 0 aliphatic carbocycles. The molecule has 12 heteroatoms. The lowest BCUT2D eigenvalue weighted by molar-refractivity contribution is -0.129. The number of H-pyrrole nitrogens is 1. The van der Waals surface area contributed by atoms with Crippen LogP contribution < -0.4 is 10.0 Å². The molecule has 198 valence electrons. The highest BCUT2D eigenvalue weighted by molar-refractivity contribution is 7.92. The largest absolute Gasteiger partial charge is 0.358 e. The van der Waals surface area contributed by atoms with Crippen molar-refractivity contribution in [3.05, 3.63) is 93.8 Å². The molecule has 1 atom stereocenters. The monoisotopic (exact) mass is 576 g/mol. The fourth-order valence-electron chi connectivity index (χ4n) is 3.85. The maximum absolute atomic E-state index is 15.1. The van der Waals surface area contributed by atoms with Crippen LogP contribution in [0.3, 0.4) is 0 Å². The van der Waals surface area contributed by atoms with Gasteiger partial charge in [-0.2, -0.15) is 0 Å². The first kappa shape index (κ1) is 27.4. The summed E-state index contributed by atoms with van der Waals surface area (Å²) in [7, 11) is -1.18. The summed E-state index contributed by atoms with van der Waals surface area (Å²) in [5.74, 6) is -2.00. The molecule has 4 aromatic rings. The smallest absolute Gasteiger partial charge is 0.264 e. The summed E-state index contributed by atoms with van der Waals surface area (Å²) in [4.78, 5) is 28.9. The molecule has 1 heterocycles. The van der Waals surface area contributed by atoms with E-state index < -0.39 is 32.7 Å². The predicted octanol–water partition coefficient (Wildman–Crippen LogP) is 5.36. The third-order valence-electron chi connectivity index (χ3n) is 5.85. The topological polar surface area (TPSA) is 111 Å². The molecule has 0 aliphatic rings. The van der Waals surface area contributed by atoms with Gasteiger partial charge in [-0.3, -0.25) is 14.3 Å². The predicted molar refractivity (Wildman–Crippen MR) is 145 cm³/mol. The average molecular weight is 577 g/mol. The number of carbonyl (C=O) groups is 2. The number of fused-ring (bicyclic) bond motifs is 1. The number of aromatic nitrogens is 1.